The molecule has 0 aromatic heterocycles. The number of para-hydroxylation sites is 1. The van der Waals surface area contributed by atoms with Gasteiger partial charge in [0.15, 0.2) is 5.96 Å². The zero-order valence-corrected chi connectivity index (χ0v) is 11.9. The second-order valence-electron chi connectivity index (χ2n) is 4.51. The van der Waals surface area contributed by atoms with E-state index in [0.29, 0.717) is 5.75 Å². The lowest BCUT2D eigenvalue weighted by Crippen LogP contribution is -2.23. The maximum Gasteiger partial charge on any atom is 0.193 e. The molecule has 0 saturated carbocycles. The summed E-state index contributed by atoms with van der Waals surface area (Å²) < 4.78 is 5.13. The molecule has 2 rings (SSSR count). The molecule has 1 unspecified atom stereocenters. The molecule has 0 spiro atoms. The molecule has 0 amide bonds. The maximum absolute atomic E-state index is 10.1. The number of methoxy groups -OCH3 is 1. The number of benzene rings is 2. The van der Waals surface area contributed by atoms with Crippen LogP contribution in [0.4, 0.5) is 5.69 Å². The first kappa shape index (κ1) is 14.9. The number of guanidine groups is 1. The summed E-state index contributed by atoms with van der Waals surface area (Å²) in [5.74, 6) is 0.967. The number of ether oxygens (including phenoxy) is 1. The van der Waals surface area contributed by atoms with Gasteiger partial charge in [-0.15, -0.1) is 0 Å². The lowest BCUT2D eigenvalue weighted by molar-refractivity contribution is 0.187. The number of aliphatic imine (C=N–C) groups is 1. The number of aliphatic hydroxyl groups excluding tert-OH is 1. The minimum absolute atomic E-state index is 0.179. The maximum atomic E-state index is 10.1. The normalized spacial score (nSPS) is 12.8. The molecule has 0 fully saturated rings. The van der Waals surface area contributed by atoms with Crippen molar-refractivity contribution in [3.05, 3.63) is 60.2 Å². The molecule has 21 heavy (non-hydrogen) atoms. The Morgan fingerprint density at radius 3 is 2.71 bits per heavy atom. The van der Waals surface area contributed by atoms with E-state index in [4.69, 9.17) is 10.5 Å². The van der Waals surface area contributed by atoms with Gasteiger partial charge < -0.3 is 20.9 Å². The van der Waals surface area contributed by atoms with Crippen molar-refractivity contribution >= 4 is 11.6 Å². The number of nitrogens with zero attached hydrogens (tertiary/aromatic N) is 1. The van der Waals surface area contributed by atoms with Crippen LogP contribution in [0.25, 0.3) is 0 Å². The van der Waals surface area contributed by atoms with E-state index in [1.54, 1.807) is 13.2 Å². The Morgan fingerprint density at radius 1 is 1.24 bits per heavy atom. The molecule has 0 aliphatic carbocycles. The third-order valence-electron chi connectivity index (χ3n) is 2.96. The van der Waals surface area contributed by atoms with Crippen molar-refractivity contribution in [2.75, 3.05) is 19.0 Å². The van der Waals surface area contributed by atoms with Crippen molar-refractivity contribution in [2.45, 2.75) is 6.10 Å². The standard InChI is InChI=1S/C16H19N3O2/c1-21-14-9-5-6-12(10-14)15(20)11-18-16(17)19-13-7-3-2-4-8-13/h2-10,15,20H,11H2,1H3,(H3,17,18,19). The average Bonchev–Trinajstić information content (AvgIpc) is 2.53. The van der Waals surface area contributed by atoms with Crippen LogP contribution in [0, 0.1) is 0 Å². The first-order chi connectivity index (χ1) is 10.2. The van der Waals surface area contributed by atoms with Crippen molar-refractivity contribution in [1.82, 2.24) is 0 Å². The van der Waals surface area contributed by atoms with Crippen LogP contribution < -0.4 is 15.8 Å². The van der Waals surface area contributed by atoms with Gasteiger partial charge in [-0.05, 0) is 29.8 Å². The molecular weight excluding hydrogens is 266 g/mol. The van der Waals surface area contributed by atoms with E-state index in [9.17, 15) is 5.11 Å². The number of aliphatic hydroxyl groups is 1. The molecule has 110 valence electrons. The zero-order valence-electron chi connectivity index (χ0n) is 11.9. The topological polar surface area (TPSA) is 79.9 Å². The Kier molecular flexibility index (Phi) is 5.17. The molecule has 2 aromatic carbocycles. The predicted molar refractivity (Wildman–Crippen MR) is 84.5 cm³/mol. The van der Waals surface area contributed by atoms with E-state index in [1.165, 1.54) is 0 Å². The third kappa shape index (κ3) is 4.50. The Morgan fingerprint density at radius 2 is 2.00 bits per heavy atom. The molecule has 5 heteroatoms. The number of nitrogens with two attached hydrogens (primary N) is 1. The highest BCUT2D eigenvalue weighted by atomic mass is 16.5. The summed E-state index contributed by atoms with van der Waals surface area (Å²) in [5.41, 5.74) is 7.39. The van der Waals surface area contributed by atoms with Crippen LogP contribution in [0.3, 0.4) is 0 Å². The van der Waals surface area contributed by atoms with Gasteiger partial charge in [0.05, 0.1) is 19.8 Å². The number of rotatable bonds is 5. The molecule has 2 aromatic rings. The van der Waals surface area contributed by atoms with Crippen LogP contribution in [0.2, 0.25) is 0 Å². The van der Waals surface area contributed by atoms with Crippen LogP contribution in [-0.2, 0) is 0 Å². The first-order valence-corrected chi connectivity index (χ1v) is 6.63. The summed E-state index contributed by atoms with van der Waals surface area (Å²) in [5, 5.41) is 13.1. The Labute approximate surface area is 124 Å². The quantitative estimate of drug-likeness (QED) is 0.581. The van der Waals surface area contributed by atoms with Crippen molar-refractivity contribution in [3.8, 4) is 5.75 Å². The molecule has 0 heterocycles. The molecule has 0 aliphatic heterocycles. The summed E-state index contributed by atoms with van der Waals surface area (Å²) >= 11 is 0. The largest absolute Gasteiger partial charge is 0.497 e. The molecule has 5 nitrogen and oxygen atoms in total. The van der Waals surface area contributed by atoms with E-state index >= 15 is 0 Å². The highest BCUT2D eigenvalue weighted by molar-refractivity contribution is 5.92. The van der Waals surface area contributed by atoms with Gasteiger partial charge in [0.2, 0.25) is 0 Å². The minimum atomic E-state index is -0.726. The average molecular weight is 285 g/mol. The van der Waals surface area contributed by atoms with Gasteiger partial charge in [0, 0.05) is 5.69 Å². The Bertz CT molecular complexity index is 599. The van der Waals surface area contributed by atoms with Crippen LogP contribution >= 0.6 is 0 Å². The molecule has 4 N–H and O–H groups in total. The Hall–Kier alpha value is -2.53. The summed E-state index contributed by atoms with van der Waals surface area (Å²) in [6, 6.07) is 16.8. The second-order valence-corrected chi connectivity index (χ2v) is 4.51. The van der Waals surface area contributed by atoms with E-state index in [-0.39, 0.29) is 12.5 Å². The number of hydrogen-bond donors (Lipinski definition) is 3. The van der Waals surface area contributed by atoms with E-state index < -0.39 is 6.10 Å². The van der Waals surface area contributed by atoms with Crippen LogP contribution in [-0.4, -0.2) is 24.7 Å². The van der Waals surface area contributed by atoms with Crippen molar-refractivity contribution in [2.24, 2.45) is 10.7 Å². The molecule has 0 saturated heterocycles. The lowest BCUT2D eigenvalue weighted by Gasteiger charge is -2.11. The van der Waals surface area contributed by atoms with Gasteiger partial charge in [-0.1, -0.05) is 30.3 Å². The number of hydrogen-bond acceptors (Lipinski definition) is 3. The number of nitrogens with one attached hydrogen (secondary N) is 1. The van der Waals surface area contributed by atoms with Crippen LogP contribution in [0.1, 0.15) is 11.7 Å². The van der Waals surface area contributed by atoms with E-state index in [2.05, 4.69) is 10.3 Å². The molecule has 0 radical (unpaired) electrons. The third-order valence-corrected chi connectivity index (χ3v) is 2.96. The lowest BCUT2D eigenvalue weighted by atomic mass is 10.1. The first-order valence-electron chi connectivity index (χ1n) is 6.63. The number of anilines is 1. The second kappa shape index (κ2) is 7.31. The summed E-state index contributed by atoms with van der Waals surface area (Å²) in [6.45, 7) is 0.179. The molecule has 0 bridgehead atoms. The smallest absolute Gasteiger partial charge is 0.193 e. The fraction of sp³-hybridized carbons (Fsp3) is 0.188. The van der Waals surface area contributed by atoms with Gasteiger partial charge >= 0.3 is 0 Å². The zero-order chi connectivity index (χ0) is 15.1. The molecular formula is C16H19N3O2. The minimum Gasteiger partial charge on any atom is -0.497 e. The van der Waals surface area contributed by atoms with Crippen molar-refractivity contribution < 1.29 is 9.84 Å². The molecule has 1 atom stereocenters. The van der Waals surface area contributed by atoms with E-state index in [1.807, 2.05) is 48.5 Å². The SMILES string of the molecule is COc1cccc(C(O)CN=C(N)Nc2ccccc2)c1. The van der Waals surface area contributed by atoms with Crippen molar-refractivity contribution in [1.29, 1.82) is 0 Å². The highest BCUT2D eigenvalue weighted by Gasteiger charge is 2.08. The monoisotopic (exact) mass is 285 g/mol. The van der Waals surface area contributed by atoms with Gasteiger partial charge in [0.25, 0.3) is 0 Å². The fourth-order valence-corrected chi connectivity index (χ4v) is 1.85. The van der Waals surface area contributed by atoms with Crippen LogP contribution in [0.5, 0.6) is 5.75 Å². The van der Waals surface area contributed by atoms with Crippen molar-refractivity contribution in [3.63, 3.8) is 0 Å². The predicted octanol–water partition coefficient (Wildman–Crippen LogP) is 2.16. The summed E-state index contributed by atoms with van der Waals surface area (Å²) in [4.78, 5) is 4.14. The molecule has 0 aliphatic rings. The fourth-order valence-electron chi connectivity index (χ4n) is 1.85. The van der Waals surface area contributed by atoms with Gasteiger partial charge in [-0.2, -0.15) is 0 Å². The van der Waals surface area contributed by atoms with Gasteiger partial charge in [0.1, 0.15) is 5.75 Å². The summed E-state index contributed by atoms with van der Waals surface area (Å²) in [6.07, 6.45) is -0.726. The Balaban J connectivity index is 1.95. The van der Waals surface area contributed by atoms with Gasteiger partial charge in [-0.25, -0.2) is 0 Å². The highest BCUT2D eigenvalue weighted by Crippen LogP contribution is 2.19. The summed E-state index contributed by atoms with van der Waals surface area (Å²) in [7, 11) is 1.59. The van der Waals surface area contributed by atoms with E-state index in [0.717, 1.165) is 11.3 Å². The van der Waals surface area contributed by atoms with Gasteiger partial charge in [-0.3, -0.25) is 4.99 Å². The van der Waals surface area contributed by atoms with Crippen LogP contribution in [0.15, 0.2) is 59.6 Å².